The van der Waals surface area contributed by atoms with Crippen molar-refractivity contribution < 1.29 is 9.53 Å². The second kappa shape index (κ2) is 8.56. The van der Waals surface area contributed by atoms with Gasteiger partial charge in [0.05, 0.1) is 17.2 Å². The third kappa shape index (κ3) is 4.26. The van der Waals surface area contributed by atoms with Gasteiger partial charge in [-0.1, -0.05) is 54.6 Å². The summed E-state index contributed by atoms with van der Waals surface area (Å²) >= 11 is 0. The summed E-state index contributed by atoms with van der Waals surface area (Å²) in [6.07, 6.45) is 3.28. The first-order valence-corrected chi connectivity index (χ1v) is 10.6. The minimum atomic E-state index is 0.0416. The molecule has 5 rings (SSSR count). The molecule has 3 aromatic carbocycles. The lowest BCUT2D eigenvalue weighted by molar-refractivity contribution is 0.0588. The third-order valence-electron chi connectivity index (χ3n) is 5.68. The highest BCUT2D eigenvalue weighted by molar-refractivity contribution is 5.94. The molecular formula is C26H23N3O2. The second-order valence-corrected chi connectivity index (χ2v) is 7.75. The van der Waals surface area contributed by atoms with Crippen molar-refractivity contribution in [2.75, 3.05) is 13.1 Å². The van der Waals surface area contributed by atoms with Gasteiger partial charge in [-0.25, -0.2) is 9.97 Å². The fourth-order valence-corrected chi connectivity index (χ4v) is 3.96. The Balaban J connectivity index is 1.19. The number of nitrogens with zero attached hydrogens (tertiary/aromatic N) is 3. The lowest BCUT2D eigenvalue weighted by Gasteiger charge is -2.32. The number of ether oxygens (including phenoxy) is 1. The van der Waals surface area contributed by atoms with Crippen LogP contribution in [0.5, 0.6) is 5.88 Å². The number of para-hydroxylation sites is 2. The van der Waals surface area contributed by atoms with Crippen molar-refractivity contribution in [2.24, 2.45) is 0 Å². The van der Waals surface area contributed by atoms with Gasteiger partial charge >= 0.3 is 0 Å². The highest BCUT2D eigenvalue weighted by Crippen LogP contribution is 2.22. The first-order chi connectivity index (χ1) is 15.3. The highest BCUT2D eigenvalue weighted by atomic mass is 16.5. The highest BCUT2D eigenvalue weighted by Gasteiger charge is 2.25. The fourth-order valence-electron chi connectivity index (χ4n) is 3.96. The molecule has 5 nitrogen and oxygen atoms in total. The van der Waals surface area contributed by atoms with Crippen LogP contribution in [0.3, 0.4) is 0 Å². The van der Waals surface area contributed by atoms with Crippen LogP contribution in [0.15, 0.2) is 85.1 Å². The normalized spacial score (nSPS) is 14.5. The first-order valence-electron chi connectivity index (χ1n) is 10.6. The number of carbonyl (C=O) groups excluding carboxylic acids is 1. The number of rotatable bonds is 4. The van der Waals surface area contributed by atoms with Gasteiger partial charge in [0.2, 0.25) is 5.88 Å². The van der Waals surface area contributed by atoms with E-state index >= 15 is 0 Å². The zero-order valence-electron chi connectivity index (χ0n) is 17.1. The first kappa shape index (κ1) is 19.2. The number of likely N-dealkylation sites (tertiary alicyclic amines) is 1. The summed E-state index contributed by atoms with van der Waals surface area (Å²) in [5.74, 6) is 0.614. The van der Waals surface area contributed by atoms with Crippen molar-refractivity contribution in [3.63, 3.8) is 0 Å². The van der Waals surface area contributed by atoms with E-state index in [0.29, 0.717) is 19.0 Å². The number of carbonyl (C=O) groups is 1. The summed E-state index contributed by atoms with van der Waals surface area (Å²) < 4.78 is 6.05. The average molecular weight is 409 g/mol. The van der Waals surface area contributed by atoms with Crippen LogP contribution < -0.4 is 4.74 Å². The van der Waals surface area contributed by atoms with Gasteiger partial charge in [-0.15, -0.1) is 0 Å². The standard InChI is InChI=1S/C26H23N3O2/c30-26(21-12-10-20(11-13-21)19-6-2-1-3-7-19)29-16-14-22(15-17-29)31-25-18-27-23-8-4-5-9-24(23)28-25/h1-13,18,22H,14-17H2. The molecule has 154 valence electrons. The van der Waals surface area contributed by atoms with Crippen LogP contribution >= 0.6 is 0 Å². The van der Waals surface area contributed by atoms with Crippen molar-refractivity contribution in [3.8, 4) is 17.0 Å². The van der Waals surface area contributed by atoms with Crippen LogP contribution in [0.2, 0.25) is 0 Å². The molecule has 0 aliphatic carbocycles. The van der Waals surface area contributed by atoms with Gasteiger partial charge in [0.1, 0.15) is 6.10 Å². The number of aromatic nitrogens is 2. The predicted molar refractivity (Wildman–Crippen MR) is 121 cm³/mol. The molecule has 0 radical (unpaired) electrons. The zero-order valence-corrected chi connectivity index (χ0v) is 17.1. The third-order valence-corrected chi connectivity index (χ3v) is 5.68. The number of amides is 1. The molecule has 1 saturated heterocycles. The molecule has 0 spiro atoms. The molecule has 0 bridgehead atoms. The maximum Gasteiger partial charge on any atom is 0.253 e. The van der Waals surface area contributed by atoms with E-state index in [2.05, 4.69) is 22.1 Å². The Morgan fingerprint density at radius 3 is 2.19 bits per heavy atom. The number of fused-ring (bicyclic) bond motifs is 1. The summed E-state index contributed by atoms with van der Waals surface area (Å²) in [4.78, 5) is 23.8. The average Bonchev–Trinajstić information content (AvgIpc) is 2.85. The molecule has 1 fully saturated rings. The molecule has 1 aliphatic rings. The molecule has 0 atom stereocenters. The molecule has 0 unspecified atom stereocenters. The summed E-state index contributed by atoms with van der Waals surface area (Å²) in [7, 11) is 0. The number of piperidine rings is 1. The Morgan fingerprint density at radius 1 is 0.806 bits per heavy atom. The van der Waals surface area contributed by atoms with Gasteiger partial charge in [-0.2, -0.15) is 0 Å². The van der Waals surface area contributed by atoms with Gasteiger partial charge in [0, 0.05) is 31.5 Å². The molecular weight excluding hydrogens is 386 g/mol. The summed E-state index contributed by atoms with van der Waals surface area (Å²) in [5.41, 5.74) is 4.66. The molecule has 1 aromatic heterocycles. The van der Waals surface area contributed by atoms with Crippen LogP contribution in [-0.2, 0) is 0 Å². The lowest BCUT2D eigenvalue weighted by atomic mass is 10.0. The minimum absolute atomic E-state index is 0.0416. The van der Waals surface area contributed by atoms with E-state index in [0.717, 1.165) is 40.6 Å². The van der Waals surface area contributed by atoms with E-state index in [9.17, 15) is 4.79 Å². The van der Waals surface area contributed by atoms with Gasteiger partial charge < -0.3 is 9.64 Å². The monoisotopic (exact) mass is 409 g/mol. The van der Waals surface area contributed by atoms with Crippen molar-refractivity contribution in [2.45, 2.75) is 18.9 Å². The van der Waals surface area contributed by atoms with Gasteiger partial charge in [-0.05, 0) is 35.4 Å². The topological polar surface area (TPSA) is 55.3 Å². The SMILES string of the molecule is O=C(c1ccc(-c2ccccc2)cc1)N1CCC(Oc2cnc3ccccc3n2)CC1. The summed E-state index contributed by atoms with van der Waals surface area (Å²) in [6, 6.07) is 25.8. The molecule has 0 N–H and O–H groups in total. The van der Waals surface area contributed by atoms with E-state index in [1.807, 2.05) is 71.6 Å². The van der Waals surface area contributed by atoms with Crippen LogP contribution in [0.25, 0.3) is 22.2 Å². The molecule has 31 heavy (non-hydrogen) atoms. The molecule has 0 saturated carbocycles. The van der Waals surface area contributed by atoms with E-state index in [-0.39, 0.29) is 12.0 Å². The largest absolute Gasteiger partial charge is 0.473 e. The Kier molecular flexibility index (Phi) is 5.31. The van der Waals surface area contributed by atoms with Crippen LogP contribution in [0, 0.1) is 0 Å². The Morgan fingerprint density at radius 2 is 1.45 bits per heavy atom. The van der Waals surface area contributed by atoms with Gasteiger partial charge in [0.15, 0.2) is 0 Å². The molecule has 2 heterocycles. The Bertz CT molecular complexity index is 1180. The van der Waals surface area contributed by atoms with E-state index < -0.39 is 0 Å². The van der Waals surface area contributed by atoms with Crippen LogP contribution in [0.1, 0.15) is 23.2 Å². The second-order valence-electron chi connectivity index (χ2n) is 7.75. The van der Waals surface area contributed by atoms with Crippen molar-refractivity contribution in [1.82, 2.24) is 14.9 Å². The number of hydrogen-bond donors (Lipinski definition) is 0. The fraction of sp³-hybridized carbons (Fsp3) is 0.192. The maximum absolute atomic E-state index is 12.9. The molecule has 1 amide bonds. The van der Waals surface area contributed by atoms with Gasteiger partial charge in [0.25, 0.3) is 5.91 Å². The Hall–Kier alpha value is -3.73. The van der Waals surface area contributed by atoms with E-state index in [1.165, 1.54) is 0 Å². The number of hydrogen-bond acceptors (Lipinski definition) is 4. The van der Waals surface area contributed by atoms with E-state index in [1.54, 1.807) is 6.20 Å². The van der Waals surface area contributed by atoms with Gasteiger partial charge in [-0.3, -0.25) is 4.79 Å². The molecule has 1 aliphatic heterocycles. The molecule has 5 heteroatoms. The minimum Gasteiger partial charge on any atom is -0.473 e. The summed E-state index contributed by atoms with van der Waals surface area (Å²) in [5, 5.41) is 0. The van der Waals surface area contributed by atoms with Crippen molar-refractivity contribution >= 4 is 16.9 Å². The van der Waals surface area contributed by atoms with Crippen LogP contribution in [-0.4, -0.2) is 40.0 Å². The van der Waals surface area contributed by atoms with Crippen molar-refractivity contribution in [1.29, 1.82) is 0 Å². The van der Waals surface area contributed by atoms with E-state index in [4.69, 9.17) is 4.74 Å². The Labute approximate surface area is 181 Å². The number of benzene rings is 3. The maximum atomic E-state index is 12.9. The lowest BCUT2D eigenvalue weighted by Crippen LogP contribution is -2.41. The van der Waals surface area contributed by atoms with Crippen LogP contribution in [0.4, 0.5) is 0 Å². The predicted octanol–water partition coefficient (Wildman–Crippen LogP) is 4.98. The zero-order chi connectivity index (χ0) is 21.0. The quantitative estimate of drug-likeness (QED) is 0.477. The van der Waals surface area contributed by atoms with Crippen molar-refractivity contribution in [3.05, 3.63) is 90.6 Å². The smallest absolute Gasteiger partial charge is 0.253 e. The summed E-state index contributed by atoms with van der Waals surface area (Å²) in [6.45, 7) is 1.34. The molecule has 4 aromatic rings.